The zero-order valence-corrected chi connectivity index (χ0v) is 14.8. The summed E-state index contributed by atoms with van der Waals surface area (Å²) in [5, 5.41) is 41.5. The van der Waals surface area contributed by atoms with Crippen LogP contribution in [0, 0.1) is 0 Å². The summed E-state index contributed by atoms with van der Waals surface area (Å²) in [6.07, 6.45) is 0. The minimum Gasteiger partial charge on any atom is -0.504 e. The van der Waals surface area contributed by atoms with E-state index in [9.17, 15) is 25.2 Å². The fraction of sp³-hybridized carbons (Fsp3) is 0.0952. The predicted molar refractivity (Wildman–Crippen MR) is 104 cm³/mol. The first kappa shape index (κ1) is 17.5. The largest absolute Gasteiger partial charge is 0.504 e. The molecule has 7 heteroatoms. The van der Waals surface area contributed by atoms with E-state index < -0.39 is 11.7 Å². The molecular weight excluding hydrogens is 360 g/mol. The van der Waals surface area contributed by atoms with E-state index in [4.69, 9.17) is 0 Å². The van der Waals surface area contributed by atoms with Gasteiger partial charge in [0, 0.05) is 36.6 Å². The average molecular weight is 378 g/mol. The second-order valence-electron chi connectivity index (χ2n) is 6.65. The van der Waals surface area contributed by atoms with E-state index in [2.05, 4.69) is 5.32 Å². The van der Waals surface area contributed by atoms with Gasteiger partial charge >= 0.3 is 5.97 Å². The molecule has 3 aromatic rings. The molecule has 0 unspecified atom stereocenters. The van der Waals surface area contributed by atoms with Crippen molar-refractivity contribution in [2.75, 3.05) is 10.2 Å². The number of fused-ring (bicyclic) bond motifs is 1. The van der Waals surface area contributed by atoms with Crippen LogP contribution in [0.3, 0.4) is 0 Å². The molecule has 28 heavy (non-hydrogen) atoms. The number of carbonyl (C=O) groups is 1. The number of carboxylic acids is 1. The fourth-order valence-electron chi connectivity index (χ4n) is 3.36. The van der Waals surface area contributed by atoms with Gasteiger partial charge in [0.25, 0.3) is 0 Å². The van der Waals surface area contributed by atoms with Crippen LogP contribution >= 0.6 is 0 Å². The lowest BCUT2D eigenvalue weighted by atomic mass is 10.1. The van der Waals surface area contributed by atoms with Gasteiger partial charge in [-0.05, 0) is 35.4 Å². The van der Waals surface area contributed by atoms with E-state index in [-0.39, 0.29) is 17.1 Å². The first-order valence-electron chi connectivity index (χ1n) is 8.63. The molecule has 0 atom stereocenters. The maximum Gasteiger partial charge on any atom is 0.337 e. The third-order valence-corrected chi connectivity index (χ3v) is 4.78. The lowest BCUT2D eigenvalue weighted by Crippen LogP contribution is -2.14. The predicted octanol–water partition coefficient (Wildman–Crippen LogP) is 3.77. The van der Waals surface area contributed by atoms with Crippen molar-refractivity contribution in [3.8, 4) is 17.2 Å². The van der Waals surface area contributed by atoms with Gasteiger partial charge in [-0.25, -0.2) is 4.79 Å². The van der Waals surface area contributed by atoms with Gasteiger partial charge in [-0.2, -0.15) is 0 Å². The highest BCUT2D eigenvalue weighted by Gasteiger charge is 2.22. The second kappa shape index (κ2) is 6.70. The monoisotopic (exact) mass is 378 g/mol. The molecule has 0 bridgehead atoms. The number of nitrogens with one attached hydrogen (secondary N) is 1. The fourth-order valence-corrected chi connectivity index (χ4v) is 3.36. The molecule has 0 amide bonds. The summed E-state index contributed by atoms with van der Waals surface area (Å²) in [6.45, 7) is 1.14. The van der Waals surface area contributed by atoms with E-state index in [1.807, 2.05) is 23.1 Å². The number of nitrogens with zero attached hydrogens (tertiary/aromatic N) is 1. The molecule has 0 fully saturated rings. The van der Waals surface area contributed by atoms with Gasteiger partial charge in [0.1, 0.15) is 0 Å². The van der Waals surface area contributed by atoms with Crippen molar-refractivity contribution < 1.29 is 25.2 Å². The van der Waals surface area contributed by atoms with Crippen LogP contribution in [0.1, 0.15) is 21.5 Å². The summed E-state index contributed by atoms with van der Waals surface area (Å²) in [5.74, 6) is -2.29. The van der Waals surface area contributed by atoms with Gasteiger partial charge in [0.05, 0.1) is 11.3 Å². The van der Waals surface area contributed by atoms with E-state index in [0.29, 0.717) is 24.5 Å². The maximum atomic E-state index is 11.4. The SMILES string of the molecule is O=C(O)c1ccccc1Nc1ccc2c(c1)CN(c1cc(O)c(O)c(O)c1)C2. The molecule has 5 N–H and O–H groups in total. The molecule has 0 aliphatic carbocycles. The van der Waals surface area contributed by atoms with Crippen LogP contribution in [0.2, 0.25) is 0 Å². The number of hydrogen-bond acceptors (Lipinski definition) is 6. The molecule has 0 radical (unpaired) electrons. The number of rotatable bonds is 4. The van der Waals surface area contributed by atoms with Crippen LogP contribution < -0.4 is 10.2 Å². The van der Waals surface area contributed by atoms with Crippen molar-refractivity contribution in [3.63, 3.8) is 0 Å². The van der Waals surface area contributed by atoms with Crippen LogP contribution in [-0.2, 0) is 13.1 Å². The normalized spacial score (nSPS) is 12.6. The number of anilines is 3. The minimum absolute atomic E-state index is 0.194. The van der Waals surface area contributed by atoms with Crippen molar-refractivity contribution in [2.45, 2.75) is 13.1 Å². The van der Waals surface area contributed by atoms with Gasteiger partial charge in [-0.3, -0.25) is 0 Å². The van der Waals surface area contributed by atoms with Crippen molar-refractivity contribution in [1.82, 2.24) is 0 Å². The van der Waals surface area contributed by atoms with Crippen molar-refractivity contribution >= 4 is 23.0 Å². The standard InChI is InChI=1S/C21H18N2O5/c24-18-8-15(9-19(25)20(18)26)23-10-12-5-6-14(7-13(12)11-23)22-17-4-2-1-3-16(17)21(27)28/h1-9,22,24-26H,10-11H2,(H,27,28). The van der Waals surface area contributed by atoms with E-state index in [1.54, 1.807) is 24.3 Å². The highest BCUT2D eigenvalue weighted by molar-refractivity contribution is 5.95. The summed E-state index contributed by atoms with van der Waals surface area (Å²) in [4.78, 5) is 13.3. The van der Waals surface area contributed by atoms with Gasteiger partial charge in [-0.1, -0.05) is 18.2 Å². The van der Waals surface area contributed by atoms with Gasteiger partial charge < -0.3 is 30.6 Å². The molecule has 1 aliphatic rings. The highest BCUT2D eigenvalue weighted by atomic mass is 16.4. The molecule has 3 aromatic carbocycles. The number of phenolic OH excluding ortho intramolecular Hbond substituents is 3. The first-order valence-corrected chi connectivity index (χ1v) is 8.63. The topological polar surface area (TPSA) is 113 Å². The van der Waals surface area contributed by atoms with E-state index in [1.165, 1.54) is 12.1 Å². The number of carboxylic acid groups (broad SMARTS) is 1. The third kappa shape index (κ3) is 3.14. The number of phenols is 3. The summed E-state index contributed by atoms with van der Waals surface area (Å²) < 4.78 is 0. The quantitative estimate of drug-likeness (QED) is 0.439. The molecule has 1 aliphatic heterocycles. The smallest absolute Gasteiger partial charge is 0.337 e. The Kier molecular flexibility index (Phi) is 4.19. The average Bonchev–Trinajstić information content (AvgIpc) is 3.09. The third-order valence-electron chi connectivity index (χ3n) is 4.78. The zero-order chi connectivity index (χ0) is 19.8. The van der Waals surface area contributed by atoms with E-state index in [0.717, 1.165) is 16.8 Å². The molecule has 4 rings (SSSR count). The Hall–Kier alpha value is -3.87. The number of hydrogen-bond donors (Lipinski definition) is 5. The summed E-state index contributed by atoms with van der Waals surface area (Å²) >= 11 is 0. The molecule has 7 nitrogen and oxygen atoms in total. The summed E-state index contributed by atoms with van der Waals surface area (Å²) in [7, 11) is 0. The van der Waals surface area contributed by atoms with Crippen molar-refractivity contribution in [3.05, 3.63) is 71.3 Å². The summed E-state index contributed by atoms with van der Waals surface area (Å²) in [6, 6.07) is 15.3. The molecule has 142 valence electrons. The number of benzene rings is 3. The molecular formula is C21H18N2O5. The van der Waals surface area contributed by atoms with Crippen molar-refractivity contribution in [1.29, 1.82) is 0 Å². The Morgan fingerprint density at radius 3 is 2.29 bits per heavy atom. The zero-order valence-electron chi connectivity index (χ0n) is 14.8. The molecule has 0 aromatic heterocycles. The maximum absolute atomic E-state index is 11.4. The molecule has 0 spiro atoms. The van der Waals surface area contributed by atoms with Crippen molar-refractivity contribution in [2.24, 2.45) is 0 Å². The number of aromatic carboxylic acids is 1. The van der Waals surface area contributed by atoms with Crippen LogP contribution in [0.5, 0.6) is 17.2 Å². The van der Waals surface area contributed by atoms with Crippen LogP contribution in [0.15, 0.2) is 54.6 Å². The van der Waals surface area contributed by atoms with E-state index >= 15 is 0 Å². The molecule has 0 saturated heterocycles. The highest BCUT2D eigenvalue weighted by Crippen LogP contribution is 2.41. The van der Waals surface area contributed by atoms with Crippen LogP contribution in [0.4, 0.5) is 17.1 Å². The first-order chi connectivity index (χ1) is 13.4. The van der Waals surface area contributed by atoms with Gasteiger partial charge in [0.15, 0.2) is 17.2 Å². The summed E-state index contributed by atoms with van der Waals surface area (Å²) in [5.41, 5.74) is 4.20. The Morgan fingerprint density at radius 2 is 1.57 bits per heavy atom. The molecule has 0 saturated carbocycles. The van der Waals surface area contributed by atoms with Gasteiger partial charge in [0.2, 0.25) is 0 Å². The Labute approximate surface area is 160 Å². The number of para-hydroxylation sites is 1. The lowest BCUT2D eigenvalue weighted by molar-refractivity contribution is 0.0698. The van der Waals surface area contributed by atoms with Crippen LogP contribution in [-0.4, -0.2) is 26.4 Å². The number of aromatic hydroxyl groups is 3. The second-order valence-corrected chi connectivity index (χ2v) is 6.65. The van der Waals surface area contributed by atoms with Gasteiger partial charge in [-0.15, -0.1) is 0 Å². The Bertz CT molecular complexity index is 1060. The van der Waals surface area contributed by atoms with Crippen LogP contribution in [0.25, 0.3) is 0 Å². The Balaban J connectivity index is 1.58. The molecule has 1 heterocycles. The lowest BCUT2D eigenvalue weighted by Gasteiger charge is -2.18. The minimum atomic E-state index is -0.998. The Morgan fingerprint density at radius 1 is 0.893 bits per heavy atom.